The molecule has 1 saturated heterocycles. The molecule has 2 aromatic rings. The van der Waals surface area contributed by atoms with Gasteiger partial charge in [-0.05, 0) is 19.1 Å². The Morgan fingerprint density at radius 1 is 1.22 bits per heavy atom. The SMILES string of the molecule is Cc1nc(NCc2ccccn2)cc(N2CCN(C=O)CC2)n1. The van der Waals surface area contributed by atoms with Crippen LogP contribution >= 0.6 is 0 Å². The summed E-state index contributed by atoms with van der Waals surface area (Å²) in [5, 5.41) is 3.29. The zero-order valence-corrected chi connectivity index (χ0v) is 13.1. The average Bonchev–Trinajstić information content (AvgIpc) is 2.60. The first-order valence-electron chi connectivity index (χ1n) is 7.68. The Morgan fingerprint density at radius 2 is 2.04 bits per heavy atom. The quantitative estimate of drug-likeness (QED) is 0.833. The number of hydrogen-bond acceptors (Lipinski definition) is 6. The van der Waals surface area contributed by atoms with Crippen LogP contribution in [0.5, 0.6) is 0 Å². The number of nitrogens with one attached hydrogen (secondary N) is 1. The zero-order valence-electron chi connectivity index (χ0n) is 13.1. The third kappa shape index (κ3) is 3.94. The van der Waals surface area contributed by atoms with Crippen molar-refractivity contribution in [2.75, 3.05) is 36.4 Å². The highest BCUT2D eigenvalue weighted by molar-refractivity contribution is 5.52. The first kappa shape index (κ1) is 15.2. The Labute approximate surface area is 135 Å². The van der Waals surface area contributed by atoms with Crippen molar-refractivity contribution < 1.29 is 4.79 Å². The number of carbonyl (C=O) groups is 1. The Balaban J connectivity index is 1.68. The largest absolute Gasteiger partial charge is 0.364 e. The number of piperazine rings is 1. The molecule has 2 aromatic heterocycles. The minimum atomic E-state index is 0.621. The highest BCUT2D eigenvalue weighted by atomic mass is 16.1. The molecule has 1 N–H and O–H groups in total. The van der Waals surface area contributed by atoms with Gasteiger partial charge in [-0.3, -0.25) is 9.78 Å². The van der Waals surface area contributed by atoms with Crippen LogP contribution in [0.4, 0.5) is 11.6 Å². The Kier molecular flexibility index (Phi) is 4.65. The molecule has 23 heavy (non-hydrogen) atoms. The van der Waals surface area contributed by atoms with Crippen molar-refractivity contribution >= 4 is 18.0 Å². The van der Waals surface area contributed by atoms with Crippen LogP contribution in [0.3, 0.4) is 0 Å². The summed E-state index contributed by atoms with van der Waals surface area (Å²) in [6, 6.07) is 7.79. The number of anilines is 2. The maximum absolute atomic E-state index is 10.8. The maximum Gasteiger partial charge on any atom is 0.209 e. The van der Waals surface area contributed by atoms with Crippen LogP contribution in [0.15, 0.2) is 30.5 Å². The van der Waals surface area contributed by atoms with E-state index in [-0.39, 0.29) is 0 Å². The molecule has 0 spiro atoms. The van der Waals surface area contributed by atoms with E-state index in [1.54, 1.807) is 11.1 Å². The summed E-state index contributed by atoms with van der Waals surface area (Å²) >= 11 is 0. The molecule has 1 aliphatic rings. The molecule has 3 heterocycles. The zero-order chi connectivity index (χ0) is 16.1. The lowest BCUT2D eigenvalue weighted by Crippen LogP contribution is -2.46. The van der Waals surface area contributed by atoms with Gasteiger partial charge in [-0.25, -0.2) is 9.97 Å². The second kappa shape index (κ2) is 7.04. The van der Waals surface area contributed by atoms with E-state index in [0.29, 0.717) is 6.54 Å². The predicted molar refractivity (Wildman–Crippen MR) is 88.2 cm³/mol. The van der Waals surface area contributed by atoms with E-state index < -0.39 is 0 Å². The summed E-state index contributed by atoms with van der Waals surface area (Å²) in [5.74, 6) is 2.41. The van der Waals surface area contributed by atoms with Gasteiger partial charge < -0.3 is 15.1 Å². The fraction of sp³-hybridized carbons (Fsp3) is 0.375. The van der Waals surface area contributed by atoms with Gasteiger partial charge in [-0.2, -0.15) is 0 Å². The van der Waals surface area contributed by atoms with Crippen LogP contribution in [-0.2, 0) is 11.3 Å². The summed E-state index contributed by atoms with van der Waals surface area (Å²) in [7, 11) is 0. The van der Waals surface area contributed by atoms with E-state index in [9.17, 15) is 4.79 Å². The monoisotopic (exact) mass is 312 g/mol. The lowest BCUT2D eigenvalue weighted by molar-refractivity contribution is -0.118. The van der Waals surface area contributed by atoms with Crippen molar-refractivity contribution in [1.29, 1.82) is 0 Å². The number of nitrogens with zero attached hydrogens (tertiary/aromatic N) is 5. The summed E-state index contributed by atoms with van der Waals surface area (Å²) in [5.41, 5.74) is 0.963. The summed E-state index contributed by atoms with van der Waals surface area (Å²) < 4.78 is 0. The molecule has 120 valence electrons. The van der Waals surface area contributed by atoms with Gasteiger partial charge in [0.2, 0.25) is 6.41 Å². The van der Waals surface area contributed by atoms with Gasteiger partial charge in [-0.1, -0.05) is 6.07 Å². The normalized spacial score (nSPS) is 14.7. The van der Waals surface area contributed by atoms with E-state index in [0.717, 1.165) is 55.7 Å². The van der Waals surface area contributed by atoms with E-state index in [2.05, 4.69) is 25.2 Å². The molecule has 0 bridgehead atoms. The molecular formula is C16H20N6O. The van der Waals surface area contributed by atoms with Gasteiger partial charge >= 0.3 is 0 Å². The van der Waals surface area contributed by atoms with E-state index in [1.165, 1.54) is 0 Å². The average molecular weight is 312 g/mol. The van der Waals surface area contributed by atoms with E-state index in [1.807, 2.05) is 31.2 Å². The third-order valence-corrected chi connectivity index (χ3v) is 3.79. The van der Waals surface area contributed by atoms with Crippen molar-refractivity contribution in [2.24, 2.45) is 0 Å². The highest BCUT2D eigenvalue weighted by Gasteiger charge is 2.17. The van der Waals surface area contributed by atoms with Crippen molar-refractivity contribution in [2.45, 2.75) is 13.5 Å². The van der Waals surface area contributed by atoms with Gasteiger partial charge in [0, 0.05) is 38.4 Å². The summed E-state index contributed by atoms with van der Waals surface area (Å²) in [6.45, 7) is 5.53. The van der Waals surface area contributed by atoms with Crippen molar-refractivity contribution in [1.82, 2.24) is 19.9 Å². The molecule has 0 unspecified atom stereocenters. The van der Waals surface area contributed by atoms with Crippen LogP contribution < -0.4 is 10.2 Å². The van der Waals surface area contributed by atoms with Gasteiger partial charge in [0.25, 0.3) is 0 Å². The second-order valence-corrected chi connectivity index (χ2v) is 5.46. The number of amides is 1. The molecular weight excluding hydrogens is 292 g/mol. The number of aromatic nitrogens is 3. The fourth-order valence-electron chi connectivity index (χ4n) is 2.54. The van der Waals surface area contributed by atoms with E-state index in [4.69, 9.17) is 0 Å². The first-order chi connectivity index (χ1) is 11.2. The number of carbonyl (C=O) groups excluding carboxylic acids is 1. The number of rotatable bonds is 5. The smallest absolute Gasteiger partial charge is 0.209 e. The van der Waals surface area contributed by atoms with Crippen molar-refractivity contribution in [3.05, 3.63) is 42.0 Å². The molecule has 7 heteroatoms. The fourth-order valence-corrected chi connectivity index (χ4v) is 2.54. The molecule has 0 radical (unpaired) electrons. The van der Waals surface area contributed by atoms with Crippen LogP contribution in [0, 0.1) is 6.92 Å². The predicted octanol–water partition coefficient (Wildman–Crippen LogP) is 1.07. The van der Waals surface area contributed by atoms with Gasteiger partial charge in [0.15, 0.2) is 0 Å². The van der Waals surface area contributed by atoms with Gasteiger partial charge in [0.05, 0.1) is 12.2 Å². The molecule has 7 nitrogen and oxygen atoms in total. The lowest BCUT2D eigenvalue weighted by Gasteiger charge is -2.33. The second-order valence-electron chi connectivity index (χ2n) is 5.46. The Morgan fingerprint density at radius 3 is 2.74 bits per heavy atom. The minimum absolute atomic E-state index is 0.621. The van der Waals surface area contributed by atoms with Crippen molar-refractivity contribution in [3.63, 3.8) is 0 Å². The molecule has 3 rings (SSSR count). The van der Waals surface area contributed by atoms with Crippen LogP contribution in [-0.4, -0.2) is 52.4 Å². The lowest BCUT2D eigenvalue weighted by atomic mass is 10.3. The highest BCUT2D eigenvalue weighted by Crippen LogP contribution is 2.18. The van der Waals surface area contributed by atoms with Gasteiger partial charge in [-0.15, -0.1) is 0 Å². The summed E-state index contributed by atoms with van der Waals surface area (Å²) in [6.07, 6.45) is 2.68. The minimum Gasteiger partial charge on any atom is -0.364 e. The summed E-state index contributed by atoms with van der Waals surface area (Å²) in [4.78, 5) is 28.0. The van der Waals surface area contributed by atoms with Crippen LogP contribution in [0.1, 0.15) is 11.5 Å². The molecule has 1 aliphatic heterocycles. The number of hydrogen-bond donors (Lipinski definition) is 1. The topological polar surface area (TPSA) is 74.2 Å². The first-order valence-corrected chi connectivity index (χ1v) is 7.68. The molecule has 0 aromatic carbocycles. The molecule has 1 fully saturated rings. The van der Waals surface area contributed by atoms with E-state index >= 15 is 0 Å². The molecule has 0 aliphatic carbocycles. The third-order valence-electron chi connectivity index (χ3n) is 3.79. The van der Waals surface area contributed by atoms with Crippen LogP contribution in [0.2, 0.25) is 0 Å². The Bertz CT molecular complexity index is 655. The van der Waals surface area contributed by atoms with Crippen molar-refractivity contribution in [3.8, 4) is 0 Å². The maximum atomic E-state index is 10.8. The van der Waals surface area contributed by atoms with Gasteiger partial charge in [0.1, 0.15) is 17.5 Å². The standard InChI is InChI=1S/C16H20N6O/c1-13-19-15(18-11-14-4-2-3-5-17-14)10-16(20-13)22-8-6-21(12-23)7-9-22/h2-5,10,12H,6-9,11H2,1H3,(H,18,19,20). The molecule has 0 saturated carbocycles. The Hall–Kier alpha value is -2.70. The number of pyridine rings is 1. The molecule has 1 amide bonds. The molecule has 0 atom stereocenters. The number of aryl methyl sites for hydroxylation is 1. The van der Waals surface area contributed by atoms with Crippen LogP contribution in [0.25, 0.3) is 0 Å².